The number of aryl methyl sites for hydroxylation is 1. The van der Waals surface area contributed by atoms with Gasteiger partial charge < -0.3 is 10.7 Å². The minimum absolute atomic E-state index is 0.300. The van der Waals surface area contributed by atoms with Gasteiger partial charge in [0.05, 0.1) is 5.69 Å². The van der Waals surface area contributed by atoms with Crippen LogP contribution in [-0.2, 0) is 6.42 Å². The molecule has 0 bridgehead atoms. The van der Waals surface area contributed by atoms with Gasteiger partial charge in [-0.1, -0.05) is 32.1 Å². The molecule has 1 fully saturated rings. The van der Waals surface area contributed by atoms with Crippen LogP contribution in [0.4, 0.5) is 5.95 Å². The summed E-state index contributed by atoms with van der Waals surface area (Å²) >= 11 is 0. The third-order valence-electron chi connectivity index (χ3n) is 5.16. The second kappa shape index (κ2) is 6.59. The number of H-pyrrole nitrogens is 1. The Morgan fingerprint density at radius 1 is 1.08 bits per heavy atom. The number of pyridine rings is 1. The number of aromatic nitrogens is 4. The van der Waals surface area contributed by atoms with E-state index in [1.165, 1.54) is 49.5 Å². The number of hydrogen-bond donors (Lipinski definition) is 2. The minimum Gasteiger partial charge on any atom is -0.368 e. The normalized spacial score (nSPS) is 15.8. The van der Waals surface area contributed by atoms with E-state index < -0.39 is 0 Å². The highest BCUT2D eigenvalue weighted by Crippen LogP contribution is 2.32. The first-order valence-corrected chi connectivity index (χ1v) is 8.85. The van der Waals surface area contributed by atoms with Gasteiger partial charge in [-0.15, -0.1) is 0 Å². The average molecular weight is 321 g/mol. The summed E-state index contributed by atoms with van der Waals surface area (Å²) in [6, 6.07) is 4.05. The Hall–Kier alpha value is -2.43. The van der Waals surface area contributed by atoms with E-state index in [1.54, 1.807) is 6.20 Å². The Kier molecular flexibility index (Phi) is 4.15. The third kappa shape index (κ3) is 2.98. The van der Waals surface area contributed by atoms with E-state index in [-0.39, 0.29) is 0 Å². The molecule has 0 spiro atoms. The molecule has 5 nitrogen and oxygen atoms in total. The number of nitrogen functional groups attached to an aromatic ring is 1. The highest BCUT2D eigenvalue weighted by Gasteiger charge is 2.16. The summed E-state index contributed by atoms with van der Waals surface area (Å²) in [4.78, 5) is 16.1. The molecule has 1 aliphatic rings. The van der Waals surface area contributed by atoms with Crippen molar-refractivity contribution in [2.45, 2.75) is 44.9 Å². The van der Waals surface area contributed by atoms with Crippen molar-refractivity contribution in [3.63, 3.8) is 0 Å². The summed E-state index contributed by atoms with van der Waals surface area (Å²) in [5.74, 6) is 1.17. The van der Waals surface area contributed by atoms with E-state index in [9.17, 15) is 0 Å². The number of fused-ring (bicyclic) bond motifs is 1. The molecule has 0 aliphatic heterocycles. The van der Waals surface area contributed by atoms with Crippen molar-refractivity contribution in [2.75, 3.05) is 5.73 Å². The van der Waals surface area contributed by atoms with Gasteiger partial charge in [0.1, 0.15) is 5.65 Å². The summed E-state index contributed by atoms with van der Waals surface area (Å²) in [6.45, 7) is 0. The quantitative estimate of drug-likeness (QED) is 0.757. The molecular formula is C19H23N5. The predicted octanol–water partition coefficient (Wildman–Crippen LogP) is 4.12. The summed E-state index contributed by atoms with van der Waals surface area (Å²) in [5, 5.41) is 1.17. The molecular weight excluding hydrogens is 298 g/mol. The van der Waals surface area contributed by atoms with Crippen LogP contribution < -0.4 is 5.73 Å². The van der Waals surface area contributed by atoms with Crippen LogP contribution in [0, 0.1) is 5.92 Å². The molecule has 124 valence electrons. The van der Waals surface area contributed by atoms with Gasteiger partial charge in [-0.2, -0.15) is 0 Å². The van der Waals surface area contributed by atoms with E-state index in [4.69, 9.17) is 5.73 Å². The standard InChI is InChI=1S/C19H23N5/c20-19-22-11-9-16(24-19)15-12-23-18-17(15)14(8-10-21-18)7-6-13-4-2-1-3-5-13/h8-13H,1-7H2,(H,21,23)(H2,20,22,24). The lowest BCUT2D eigenvalue weighted by molar-refractivity contribution is 0.339. The van der Waals surface area contributed by atoms with Gasteiger partial charge in [0.25, 0.3) is 0 Å². The van der Waals surface area contributed by atoms with Gasteiger partial charge in [-0.3, -0.25) is 0 Å². The van der Waals surface area contributed by atoms with E-state index in [1.807, 2.05) is 18.5 Å². The molecule has 0 saturated heterocycles. The molecule has 24 heavy (non-hydrogen) atoms. The molecule has 0 unspecified atom stereocenters. The number of nitrogens with two attached hydrogens (primary N) is 1. The maximum Gasteiger partial charge on any atom is 0.220 e. The first kappa shape index (κ1) is 15.1. The van der Waals surface area contributed by atoms with Crippen LogP contribution in [0.3, 0.4) is 0 Å². The van der Waals surface area contributed by atoms with E-state index in [0.717, 1.165) is 29.2 Å². The van der Waals surface area contributed by atoms with Gasteiger partial charge in [-0.05, 0) is 36.5 Å². The first-order valence-electron chi connectivity index (χ1n) is 8.85. The molecule has 3 heterocycles. The highest BCUT2D eigenvalue weighted by molar-refractivity contribution is 5.95. The monoisotopic (exact) mass is 321 g/mol. The maximum atomic E-state index is 5.75. The molecule has 5 heteroatoms. The van der Waals surface area contributed by atoms with Crippen molar-refractivity contribution in [1.82, 2.24) is 19.9 Å². The molecule has 3 N–H and O–H groups in total. The number of nitrogens with zero attached hydrogens (tertiary/aromatic N) is 3. The van der Waals surface area contributed by atoms with Crippen LogP contribution in [0.15, 0.2) is 30.7 Å². The zero-order chi connectivity index (χ0) is 16.4. The topological polar surface area (TPSA) is 80.5 Å². The summed E-state index contributed by atoms with van der Waals surface area (Å²) in [5.41, 5.74) is 9.93. The van der Waals surface area contributed by atoms with Crippen LogP contribution in [0.25, 0.3) is 22.3 Å². The van der Waals surface area contributed by atoms with Gasteiger partial charge in [-0.25, -0.2) is 15.0 Å². The van der Waals surface area contributed by atoms with Crippen molar-refractivity contribution in [3.8, 4) is 11.3 Å². The fourth-order valence-electron chi connectivity index (χ4n) is 3.89. The van der Waals surface area contributed by atoms with Crippen molar-refractivity contribution >= 4 is 17.0 Å². The first-order chi connectivity index (χ1) is 11.8. The summed E-state index contributed by atoms with van der Waals surface area (Å²) < 4.78 is 0. The van der Waals surface area contributed by atoms with Crippen LogP contribution in [-0.4, -0.2) is 19.9 Å². The molecule has 1 saturated carbocycles. The largest absolute Gasteiger partial charge is 0.368 e. The SMILES string of the molecule is Nc1nccc(-c2c[nH]c3nccc(CCC4CCCCC4)c23)n1. The van der Waals surface area contributed by atoms with Gasteiger partial charge in [0.2, 0.25) is 5.95 Å². The lowest BCUT2D eigenvalue weighted by atomic mass is 9.85. The smallest absolute Gasteiger partial charge is 0.220 e. The maximum absolute atomic E-state index is 5.75. The second-order valence-electron chi connectivity index (χ2n) is 6.74. The van der Waals surface area contributed by atoms with E-state index in [2.05, 4.69) is 26.0 Å². The van der Waals surface area contributed by atoms with E-state index in [0.29, 0.717) is 5.95 Å². The zero-order valence-corrected chi connectivity index (χ0v) is 13.8. The van der Waals surface area contributed by atoms with Gasteiger partial charge in [0.15, 0.2) is 0 Å². The highest BCUT2D eigenvalue weighted by atomic mass is 15.0. The summed E-state index contributed by atoms with van der Waals surface area (Å²) in [6.07, 6.45) is 14.9. The Morgan fingerprint density at radius 2 is 1.92 bits per heavy atom. The zero-order valence-electron chi connectivity index (χ0n) is 13.8. The van der Waals surface area contributed by atoms with Crippen LogP contribution >= 0.6 is 0 Å². The number of anilines is 1. The van der Waals surface area contributed by atoms with Crippen molar-refractivity contribution < 1.29 is 0 Å². The molecule has 3 aromatic rings. The molecule has 0 radical (unpaired) electrons. The lowest BCUT2D eigenvalue weighted by Gasteiger charge is -2.21. The molecule has 0 atom stereocenters. The van der Waals surface area contributed by atoms with Crippen LogP contribution in [0.2, 0.25) is 0 Å². The Balaban J connectivity index is 1.66. The lowest BCUT2D eigenvalue weighted by Crippen LogP contribution is -2.07. The number of rotatable bonds is 4. The number of nitrogens with one attached hydrogen (secondary N) is 1. The predicted molar refractivity (Wildman–Crippen MR) is 96.4 cm³/mol. The minimum atomic E-state index is 0.300. The Morgan fingerprint density at radius 3 is 2.75 bits per heavy atom. The van der Waals surface area contributed by atoms with Crippen LogP contribution in [0.5, 0.6) is 0 Å². The van der Waals surface area contributed by atoms with Crippen molar-refractivity contribution in [1.29, 1.82) is 0 Å². The Bertz CT molecular complexity index is 833. The van der Waals surface area contributed by atoms with Crippen molar-refractivity contribution in [3.05, 3.63) is 36.3 Å². The fourth-order valence-corrected chi connectivity index (χ4v) is 3.89. The molecule has 0 aromatic carbocycles. The number of aromatic amines is 1. The molecule has 4 rings (SSSR count). The molecule has 3 aromatic heterocycles. The van der Waals surface area contributed by atoms with Gasteiger partial charge in [0, 0.05) is 29.5 Å². The Labute approximate surface area is 141 Å². The van der Waals surface area contributed by atoms with Crippen LogP contribution in [0.1, 0.15) is 44.1 Å². The molecule has 0 amide bonds. The fraction of sp³-hybridized carbons (Fsp3) is 0.421. The number of hydrogen-bond acceptors (Lipinski definition) is 4. The molecule has 1 aliphatic carbocycles. The van der Waals surface area contributed by atoms with Gasteiger partial charge >= 0.3 is 0 Å². The van der Waals surface area contributed by atoms with E-state index >= 15 is 0 Å². The summed E-state index contributed by atoms with van der Waals surface area (Å²) in [7, 11) is 0. The average Bonchev–Trinajstić information content (AvgIpc) is 3.05. The third-order valence-corrected chi connectivity index (χ3v) is 5.16. The van der Waals surface area contributed by atoms with Crippen molar-refractivity contribution in [2.24, 2.45) is 5.92 Å². The second-order valence-corrected chi connectivity index (χ2v) is 6.74.